The van der Waals surface area contributed by atoms with Gasteiger partial charge in [-0.2, -0.15) is 0 Å². The molecule has 0 N–H and O–H groups in total. The first-order chi connectivity index (χ1) is 14.3. The molecule has 2 aromatic rings. The average molecular weight is 565 g/mol. The predicted molar refractivity (Wildman–Crippen MR) is 144 cm³/mol. The van der Waals surface area contributed by atoms with E-state index in [0.29, 0.717) is 0 Å². The van der Waals surface area contributed by atoms with Crippen molar-refractivity contribution in [2.24, 2.45) is 0 Å². The van der Waals surface area contributed by atoms with Crippen LogP contribution in [0, 0.1) is 0 Å². The van der Waals surface area contributed by atoms with Crippen molar-refractivity contribution < 1.29 is 15.9 Å². The summed E-state index contributed by atoms with van der Waals surface area (Å²) < 4.78 is 2.61. The Morgan fingerprint density at radius 3 is 1.35 bits per heavy atom. The Morgan fingerprint density at radius 2 is 1.03 bits per heavy atom. The third-order valence-corrected chi connectivity index (χ3v) is 31.9. The fraction of sp³-hybridized carbons (Fsp3) is 0.346. The van der Waals surface area contributed by atoms with E-state index in [-0.39, 0.29) is 7.25 Å². The fourth-order valence-electron chi connectivity index (χ4n) is 5.63. The van der Waals surface area contributed by atoms with E-state index in [2.05, 4.69) is 111 Å². The summed E-state index contributed by atoms with van der Waals surface area (Å²) in [7, 11) is 13.0. The topological polar surface area (TPSA) is 0 Å². The molecule has 2 unspecified atom stereocenters. The van der Waals surface area contributed by atoms with E-state index in [1.807, 2.05) is 0 Å². The Kier molecular flexibility index (Phi) is 5.84. The molecular formula is C26H34Cl2Si2Zr. The van der Waals surface area contributed by atoms with Crippen LogP contribution in [-0.4, -0.2) is 19.9 Å². The molecule has 2 aliphatic carbocycles. The number of hydrogen-bond acceptors (Lipinski definition) is 0. The van der Waals surface area contributed by atoms with Gasteiger partial charge in [0.05, 0.1) is 0 Å². The van der Waals surface area contributed by atoms with Crippen molar-refractivity contribution in [2.75, 3.05) is 0 Å². The Hall–Kier alpha value is -0.313. The molecule has 2 atom stereocenters. The Labute approximate surface area is 198 Å². The molecule has 5 heteroatoms. The van der Waals surface area contributed by atoms with E-state index >= 15 is 0 Å². The van der Waals surface area contributed by atoms with Gasteiger partial charge in [-0.1, -0.05) is 0 Å². The van der Waals surface area contributed by atoms with Crippen LogP contribution in [0.15, 0.2) is 58.9 Å². The Bertz CT molecular complexity index is 1100. The molecule has 0 fully saturated rings. The van der Waals surface area contributed by atoms with E-state index < -0.39 is 32.1 Å². The first-order valence-electron chi connectivity index (χ1n) is 11.3. The molecule has 4 rings (SSSR count). The molecule has 0 spiro atoms. The van der Waals surface area contributed by atoms with Gasteiger partial charge < -0.3 is 0 Å². The van der Waals surface area contributed by atoms with Gasteiger partial charge in [-0.05, 0) is 0 Å². The van der Waals surface area contributed by atoms with Crippen molar-refractivity contribution in [1.82, 2.24) is 0 Å². The number of allylic oxidation sites excluding steroid dienone is 2. The molecule has 0 amide bonds. The molecule has 0 nitrogen and oxygen atoms in total. The summed E-state index contributed by atoms with van der Waals surface area (Å²) in [4.78, 5) is 0. The van der Waals surface area contributed by atoms with Crippen molar-refractivity contribution >= 4 is 49.0 Å². The molecule has 0 aromatic heterocycles. The van der Waals surface area contributed by atoms with E-state index in [0.717, 1.165) is 0 Å². The summed E-state index contributed by atoms with van der Waals surface area (Å²) in [6.07, 6.45) is 4.87. The van der Waals surface area contributed by atoms with Gasteiger partial charge in [0.1, 0.15) is 0 Å². The van der Waals surface area contributed by atoms with Gasteiger partial charge in [-0.25, -0.2) is 0 Å². The van der Waals surface area contributed by atoms with Crippen LogP contribution in [0.4, 0.5) is 0 Å². The Balaban J connectivity index is 2.06. The molecule has 164 valence electrons. The molecular weight excluding hydrogens is 531 g/mol. The van der Waals surface area contributed by atoms with Gasteiger partial charge in [-0.3, -0.25) is 0 Å². The van der Waals surface area contributed by atoms with E-state index in [4.69, 9.17) is 17.0 Å². The van der Waals surface area contributed by atoms with Crippen LogP contribution in [0.3, 0.4) is 0 Å². The number of halogens is 2. The van der Waals surface area contributed by atoms with Crippen LogP contribution >= 0.6 is 17.0 Å². The maximum absolute atomic E-state index is 8.13. The molecule has 2 aromatic carbocycles. The summed E-state index contributed by atoms with van der Waals surface area (Å²) in [5.74, 6) is 0. The van der Waals surface area contributed by atoms with Gasteiger partial charge in [0.15, 0.2) is 0 Å². The zero-order valence-corrected chi connectivity index (χ0v) is 25.7. The molecule has 0 aliphatic heterocycles. The summed E-state index contributed by atoms with van der Waals surface area (Å²) in [6.45, 7) is 16.8. The second-order valence-electron chi connectivity index (χ2n) is 11.3. The summed E-state index contributed by atoms with van der Waals surface area (Å²) in [5.41, 5.74) is 5.34. The van der Waals surface area contributed by atoms with Gasteiger partial charge in [-0.15, -0.1) is 0 Å². The molecule has 31 heavy (non-hydrogen) atoms. The molecule has 0 saturated carbocycles. The third-order valence-electron chi connectivity index (χ3n) is 7.24. The summed E-state index contributed by atoms with van der Waals surface area (Å²) >= 11 is -4.66. The van der Waals surface area contributed by atoms with E-state index in [1.54, 1.807) is 0 Å². The standard InChI is InChI=1S/2C12H15Si.C2H4.2ClH.Zr/c2*1-13(2,3)12-8-10-6-4-5-7-11(10)9-12;1-2;;;/h2*4-9H,1-3H3;1H,2H3;2*1H;/q;;;;;+2/p-2. The quantitative estimate of drug-likeness (QED) is 0.326. The predicted octanol–water partition coefficient (Wildman–Crippen LogP) is 8.84. The first-order valence-corrected chi connectivity index (χ1v) is 28.9. The van der Waals surface area contributed by atoms with Crippen LogP contribution < -0.4 is 0 Å². The number of benzene rings is 2. The summed E-state index contributed by atoms with van der Waals surface area (Å²) in [5, 5.41) is 3.06. The molecule has 0 radical (unpaired) electrons. The zero-order valence-electron chi connectivity index (χ0n) is 19.8. The molecule has 2 aliphatic rings. The van der Waals surface area contributed by atoms with Crippen molar-refractivity contribution in [3.63, 3.8) is 0 Å². The van der Waals surface area contributed by atoms with Crippen LogP contribution in [0.2, 0.25) is 39.3 Å². The molecule has 0 heterocycles. The summed E-state index contributed by atoms with van der Waals surface area (Å²) in [6, 6.07) is 17.6. The van der Waals surface area contributed by atoms with E-state index in [9.17, 15) is 0 Å². The average Bonchev–Trinajstić information content (AvgIpc) is 3.28. The fourth-order valence-corrected chi connectivity index (χ4v) is 36.7. The van der Waals surface area contributed by atoms with E-state index in [1.165, 1.54) is 32.6 Å². The third kappa shape index (κ3) is 3.77. The maximum atomic E-state index is 8.13. The first kappa shape index (κ1) is 23.8. The van der Waals surface area contributed by atoms with Crippen LogP contribution in [0.25, 0.3) is 12.2 Å². The van der Waals surface area contributed by atoms with Crippen molar-refractivity contribution in [3.05, 3.63) is 81.2 Å². The molecule has 0 saturated heterocycles. The monoisotopic (exact) mass is 562 g/mol. The number of rotatable bonds is 4. The SMILES string of the molecule is C[CH]=[Zr]([Cl])([Cl])([CH]1C([Si](C)(C)C)=Cc2ccccc21)[CH]1C([Si](C)(C)C)=Cc2ccccc21. The van der Waals surface area contributed by atoms with Crippen molar-refractivity contribution in [1.29, 1.82) is 0 Å². The second kappa shape index (κ2) is 7.60. The second-order valence-corrected chi connectivity index (χ2v) is 42.9. The van der Waals surface area contributed by atoms with Crippen LogP contribution in [0.1, 0.15) is 36.4 Å². The zero-order chi connectivity index (χ0) is 22.8. The minimum absolute atomic E-state index is 0.147. The normalized spacial score (nSPS) is 21.4. The van der Waals surface area contributed by atoms with Crippen LogP contribution in [0.5, 0.6) is 0 Å². The van der Waals surface area contributed by atoms with Gasteiger partial charge in [0.25, 0.3) is 0 Å². The van der Waals surface area contributed by atoms with Crippen molar-refractivity contribution in [2.45, 2.75) is 53.5 Å². The van der Waals surface area contributed by atoms with Gasteiger partial charge in [0, 0.05) is 0 Å². The van der Waals surface area contributed by atoms with Crippen LogP contribution in [-0.2, 0) is 15.9 Å². The van der Waals surface area contributed by atoms with Gasteiger partial charge in [0.2, 0.25) is 0 Å². The van der Waals surface area contributed by atoms with Crippen molar-refractivity contribution in [3.8, 4) is 0 Å². The minimum atomic E-state index is -4.66. The molecule has 0 bridgehead atoms. The number of fused-ring (bicyclic) bond motifs is 2. The Morgan fingerprint density at radius 1 is 0.677 bits per heavy atom. The number of hydrogen-bond donors (Lipinski definition) is 0. The van der Waals surface area contributed by atoms with Gasteiger partial charge >= 0.3 is 200 Å².